The fourth-order valence-corrected chi connectivity index (χ4v) is 2.10. The molecule has 5 nitrogen and oxygen atoms in total. The normalized spacial score (nSPS) is 10.2. The van der Waals surface area contributed by atoms with Crippen LogP contribution >= 0.6 is 0 Å². The Balaban J connectivity index is 1.79. The molecule has 110 valence electrons. The number of aromatic amines is 1. The van der Waals surface area contributed by atoms with E-state index < -0.39 is 0 Å². The summed E-state index contributed by atoms with van der Waals surface area (Å²) >= 11 is 0. The van der Waals surface area contributed by atoms with Gasteiger partial charge in [0, 0.05) is 12.1 Å². The Morgan fingerprint density at radius 3 is 2.57 bits per heavy atom. The number of hydrogen-bond donors (Lipinski definition) is 3. The van der Waals surface area contributed by atoms with E-state index in [2.05, 4.69) is 27.6 Å². The van der Waals surface area contributed by atoms with Gasteiger partial charge in [-0.1, -0.05) is 36.9 Å². The van der Waals surface area contributed by atoms with Crippen LogP contribution in [0.5, 0.6) is 0 Å². The van der Waals surface area contributed by atoms with Crippen LogP contribution in [0.1, 0.15) is 28.9 Å². The molecule has 0 aliphatic heterocycles. The fourth-order valence-electron chi connectivity index (χ4n) is 2.10. The summed E-state index contributed by atoms with van der Waals surface area (Å²) in [6.45, 7) is 7.79. The predicted octanol–water partition coefficient (Wildman–Crippen LogP) is 2.25. The third-order valence-corrected chi connectivity index (χ3v) is 3.36. The van der Waals surface area contributed by atoms with Gasteiger partial charge < -0.3 is 0 Å². The molecular formula is C16H20N4O. The van der Waals surface area contributed by atoms with Crippen LogP contribution in [0.3, 0.4) is 0 Å². The molecule has 0 spiro atoms. The van der Waals surface area contributed by atoms with E-state index in [1.54, 1.807) is 0 Å². The van der Waals surface area contributed by atoms with Crippen molar-refractivity contribution in [2.75, 3.05) is 0 Å². The Hall–Kier alpha value is -2.56. The highest BCUT2D eigenvalue weighted by atomic mass is 16.2. The molecule has 1 aromatic carbocycles. The van der Waals surface area contributed by atoms with Crippen LogP contribution in [0.2, 0.25) is 0 Å². The highest BCUT2D eigenvalue weighted by molar-refractivity contribution is 5.77. The van der Waals surface area contributed by atoms with Crippen molar-refractivity contribution in [2.24, 2.45) is 0 Å². The first-order chi connectivity index (χ1) is 10.1. The Bertz CT molecular complexity index is 611. The number of amides is 1. The number of benzene rings is 1. The number of hydrogen-bond acceptors (Lipinski definition) is 3. The molecule has 0 aliphatic carbocycles. The van der Waals surface area contributed by atoms with E-state index in [0.29, 0.717) is 18.5 Å². The number of hydrazine groups is 1. The van der Waals surface area contributed by atoms with Gasteiger partial charge in [0.15, 0.2) is 0 Å². The van der Waals surface area contributed by atoms with Crippen LogP contribution in [0.4, 0.5) is 0 Å². The standard InChI is InChI=1S/C16H20N4O/c1-11(14-7-5-4-6-8-14)17-20-16(21)10-9-15-12(2)18-19-13(15)3/h4-8,17H,1,9-10H2,2-3H3,(H,18,19)(H,20,21). The lowest BCUT2D eigenvalue weighted by Crippen LogP contribution is -2.36. The Morgan fingerprint density at radius 1 is 1.24 bits per heavy atom. The van der Waals surface area contributed by atoms with E-state index in [1.165, 1.54) is 0 Å². The average molecular weight is 284 g/mol. The van der Waals surface area contributed by atoms with Crippen molar-refractivity contribution in [1.82, 2.24) is 21.0 Å². The summed E-state index contributed by atoms with van der Waals surface area (Å²) in [6.07, 6.45) is 1.07. The molecule has 1 heterocycles. The number of nitrogens with zero attached hydrogens (tertiary/aromatic N) is 1. The second-order valence-corrected chi connectivity index (χ2v) is 4.93. The van der Waals surface area contributed by atoms with Gasteiger partial charge in [0.05, 0.1) is 11.4 Å². The Kier molecular flexibility index (Phi) is 4.77. The topological polar surface area (TPSA) is 69.8 Å². The highest BCUT2D eigenvalue weighted by Gasteiger charge is 2.09. The first-order valence-corrected chi connectivity index (χ1v) is 6.87. The minimum Gasteiger partial charge on any atom is -0.299 e. The van der Waals surface area contributed by atoms with Crippen molar-refractivity contribution in [2.45, 2.75) is 26.7 Å². The minimum absolute atomic E-state index is 0.0768. The van der Waals surface area contributed by atoms with Crippen LogP contribution < -0.4 is 10.9 Å². The molecule has 0 radical (unpaired) electrons. The second-order valence-electron chi connectivity index (χ2n) is 4.93. The summed E-state index contributed by atoms with van der Waals surface area (Å²) in [5, 5.41) is 7.04. The van der Waals surface area contributed by atoms with Gasteiger partial charge in [-0.2, -0.15) is 5.10 Å². The number of carbonyl (C=O) groups excluding carboxylic acids is 1. The van der Waals surface area contributed by atoms with Crippen molar-refractivity contribution in [3.8, 4) is 0 Å². The monoisotopic (exact) mass is 284 g/mol. The van der Waals surface area contributed by atoms with E-state index in [9.17, 15) is 4.79 Å². The maximum absolute atomic E-state index is 11.9. The van der Waals surface area contributed by atoms with Crippen LogP contribution in [0.15, 0.2) is 36.9 Å². The van der Waals surface area contributed by atoms with Gasteiger partial charge in [-0.15, -0.1) is 0 Å². The Morgan fingerprint density at radius 2 is 1.95 bits per heavy atom. The molecule has 1 aromatic heterocycles. The Labute approximate surface area is 124 Å². The number of rotatable bonds is 6. The number of H-pyrrole nitrogens is 1. The van der Waals surface area contributed by atoms with E-state index in [1.807, 2.05) is 44.2 Å². The van der Waals surface area contributed by atoms with Gasteiger partial charge in [0.1, 0.15) is 0 Å². The molecule has 0 aliphatic rings. The number of carbonyl (C=O) groups is 1. The maximum Gasteiger partial charge on any atom is 0.238 e. The minimum atomic E-state index is -0.0768. The fraction of sp³-hybridized carbons (Fsp3) is 0.250. The molecule has 3 N–H and O–H groups in total. The first kappa shape index (κ1) is 14.8. The van der Waals surface area contributed by atoms with Gasteiger partial charge in [-0.05, 0) is 31.4 Å². The third-order valence-electron chi connectivity index (χ3n) is 3.36. The van der Waals surface area contributed by atoms with E-state index in [4.69, 9.17) is 0 Å². The summed E-state index contributed by atoms with van der Waals surface area (Å²) in [7, 11) is 0. The number of aryl methyl sites for hydroxylation is 2. The zero-order valence-corrected chi connectivity index (χ0v) is 12.4. The SMILES string of the molecule is C=C(NNC(=O)CCc1c(C)n[nH]c1C)c1ccccc1. The van der Waals surface area contributed by atoms with Gasteiger partial charge in [-0.3, -0.25) is 20.7 Å². The molecule has 0 bridgehead atoms. The van der Waals surface area contributed by atoms with Crippen molar-refractivity contribution >= 4 is 11.6 Å². The molecule has 1 amide bonds. The average Bonchev–Trinajstić information content (AvgIpc) is 2.82. The van der Waals surface area contributed by atoms with Gasteiger partial charge in [-0.25, -0.2) is 0 Å². The summed E-state index contributed by atoms with van der Waals surface area (Å²) < 4.78 is 0. The molecule has 2 aromatic rings. The van der Waals surface area contributed by atoms with Crippen molar-refractivity contribution in [1.29, 1.82) is 0 Å². The highest BCUT2D eigenvalue weighted by Crippen LogP contribution is 2.11. The molecule has 0 saturated heterocycles. The second kappa shape index (κ2) is 6.74. The first-order valence-electron chi connectivity index (χ1n) is 6.87. The van der Waals surface area contributed by atoms with Crippen LogP contribution in [-0.2, 0) is 11.2 Å². The van der Waals surface area contributed by atoms with E-state index in [-0.39, 0.29) is 5.91 Å². The summed E-state index contributed by atoms with van der Waals surface area (Å²) in [5.41, 5.74) is 10.2. The zero-order valence-electron chi connectivity index (χ0n) is 12.4. The smallest absolute Gasteiger partial charge is 0.238 e. The van der Waals surface area contributed by atoms with Crippen LogP contribution in [0, 0.1) is 13.8 Å². The zero-order chi connectivity index (χ0) is 15.2. The lowest BCUT2D eigenvalue weighted by molar-refractivity contribution is -0.121. The van der Waals surface area contributed by atoms with Crippen LogP contribution in [0.25, 0.3) is 5.70 Å². The molecule has 5 heteroatoms. The molecule has 0 unspecified atom stereocenters. The molecule has 0 atom stereocenters. The quantitative estimate of drug-likeness (QED) is 0.713. The molecule has 0 saturated carbocycles. The summed E-state index contributed by atoms with van der Waals surface area (Å²) in [4.78, 5) is 11.9. The molecule has 21 heavy (non-hydrogen) atoms. The lowest BCUT2D eigenvalue weighted by atomic mass is 10.1. The third kappa shape index (κ3) is 3.95. The van der Waals surface area contributed by atoms with E-state index >= 15 is 0 Å². The molecule has 2 rings (SSSR count). The maximum atomic E-state index is 11.9. The molecule has 0 fully saturated rings. The summed E-state index contributed by atoms with van der Waals surface area (Å²) in [5.74, 6) is -0.0768. The van der Waals surface area contributed by atoms with Gasteiger partial charge >= 0.3 is 0 Å². The number of aromatic nitrogens is 2. The molecular weight excluding hydrogens is 264 g/mol. The van der Waals surface area contributed by atoms with E-state index in [0.717, 1.165) is 22.5 Å². The van der Waals surface area contributed by atoms with Gasteiger partial charge in [0.25, 0.3) is 0 Å². The van der Waals surface area contributed by atoms with Gasteiger partial charge in [0.2, 0.25) is 5.91 Å². The van der Waals surface area contributed by atoms with Crippen molar-refractivity contribution in [3.63, 3.8) is 0 Å². The van der Waals surface area contributed by atoms with Crippen LogP contribution in [-0.4, -0.2) is 16.1 Å². The summed E-state index contributed by atoms with van der Waals surface area (Å²) in [6, 6.07) is 9.65. The largest absolute Gasteiger partial charge is 0.299 e. The lowest BCUT2D eigenvalue weighted by Gasteiger charge is -2.11. The van der Waals surface area contributed by atoms with Crippen molar-refractivity contribution < 1.29 is 4.79 Å². The number of nitrogens with one attached hydrogen (secondary N) is 3. The predicted molar refractivity (Wildman–Crippen MR) is 83.1 cm³/mol. The van der Waals surface area contributed by atoms with Crippen molar-refractivity contribution in [3.05, 3.63) is 59.4 Å².